The number of aromatic nitrogens is 3. The molecule has 0 amide bonds. The number of benzene rings is 2. The van der Waals surface area contributed by atoms with Crippen molar-refractivity contribution in [2.24, 2.45) is 5.10 Å². The molecule has 8 heteroatoms. The normalized spacial score (nSPS) is 11.7. The lowest BCUT2D eigenvalue weighted by atomic mass is 10.1. The minimum absolute atomic E-state index is 0.373. The summed E-state index contributed by atoms with van der Waals surface area (Å²) >= 11 is 5.35. The molecule has 0 aliphatic carbocycles. The van der Waals surface area contributed by atoms with Gasteiger partial charge in [0, 0.05) is 5.56 Å². The summed E-state index contributed by atoms with van der Waals surface area (Å²) in [5, 5.41) is 11.6. The van der Waals surface area contributed by atoms with Crippen LogP contribution in [0.15, 0.2) is 53.1 Å². The van der Waals surface area contributed by atoms with Gasteiger partial charge in [0.2, 0.25) is 10.5 Å². The number of ether oxygens (including phenoxy) is 3. The zero-order valence-corrected chi connectivity index (χ0v) is 17.5. The van der Waals surface area contributed by atoms with E-state index in [9.17, 15) is 0 Å². The van der Waals surface area contributed by atoms with Gasteiger partial charge in [-0.25, -0.2) is 5.10 Å². The highest BCUT2D eigenvalue weighted by Gasteiger charge is 2.17. The summed E-state index contributed by atoms with van der Waals surface area (Å²) in [4.78, 5) is 0. The molecule has 0 spiro atoms. The third-order valence-electron chi connectivity index (χ3n) is 4.14. The Labute approximate surface area is 174 Å². The van der Waals surface area contributed by atoms with Gasteiger partial charge in [-0.05, 0) is 42.4 Å². The monoisotopic (exact) mass is 410 g/mol. The molecule has 1 N–H and O–H groups in total. The first kappa shape index (κ1) is 20.3. The molecule has 0 atom stereocenters. The fourth-order valence-corrected chi connectivity index (χ4v) is 2.97. The van der Waals surface area contributed by atoms with Crippen LogP contribution in [0.1, 0.15) is 12.5 Å². The average Bonchev–Trinajstić information content (AvgIpc) is 3.12. The predicted molar refractivity (Wildman–Crippen MR) is 116 cm³/mol. The highest BCUT2D eigenvalue weighted by molar-refractivity contribution is 7.71. The molecule has 0 saturated heterocycles. The van der Waals surface area contributed by atoms with Gasteiger partial charge in [0.1, 0.15) is 0 Å². The Balaban J connectivity index is 2.00. The highest BCUT2D eigenvalue weighted by Crippen LogP contribution is 2.40. The van der Waals surface area contributed by atoms with Crippen molar-refractivity contribution in [2.75, 3.05) is 21.3 Å². The minimum Gasteiger partial charge on any atom is -0.493 e. The molecule has 0 unspecified atom stereocenters. The molecular formula is C21H22N4O3S. The number of hydrogen-bond donors (Lipinski definition) is 1. The maximum absolute atomic E-state index is 5.43. The third-order valence-corrected chi connectivity index (χ3v) is 4.41. The van der Waals surface area contributed by atoms with Crippen LogP contribution in [0.4, 0.5) is 0 Å². The third kappa shape index (κ3) is 4.55. The van der Waals surface area contributed by atoms with Gasteiger partial charge < -0.3 is 14.2 Å². The first-order valence-electron chi connectivity index (χ1n) is 8.83. The summed E-state index contributed by atoms with van der Waals surface area (Å²) in [6.45, 7) is 1.97. The number of aromatic amines is 1. The maximum Gasteiger partial charge on any atom is 0.216 e. The fourth-order valence-electron chi connectivity index (χ4n) is 2.79. The van der Waals surface area contributed by atoms with E-state index in [1.54, 1.807) is 44.4 Å². The van der Waals surface area contributed by atoms with Gasteiger partial charge in [-0.3, -0.25) is 0 Å². The van der Waals surface area contributed by atoms with Gasteiger partial charge in [-0.2, -0.15) is 14.9 Å². The van der Waals surface area contributed by atoms with E-state index in [2.05, 4.69) is 15.3 Å². The van der Waals surface area contributed by atoms with Crippen LogP contribution in [-0.4, -0.2) is 42.4 Å². The molecule has 150 valence electrons. The lowest BCUT2D eigenvalue weighted by Gasteiger charge is -2.13. The summed E-state index contributed by atoms with van der Waals surface area (Å²) < 4.78 is 18.2. The molecule has 7 nitrogen and oxygen atoms in total. The summed E-state index contributed by atoms with van der Waals surface area (Å²) in [6, 6.07) is 13.6. The quantitative estimate of drug-likeness (QED) is 0.456. The molecule has 3 aromatic rings. The molecule has 1 heterocycles. The Morgan fingerprint density at radius 1 is 1.07 bits per heavy atom. The number of nitrogens with zero attached hydrogens (tertiary/aromatic N) is 3. The van der Waals surface area contributed by atoms with Gasteiger partial charge in [0.25, 0.3) is 0 Å². The first-order chi connectivity index (χ1) is 14.1. The van der Waals surface area contributed by atoms with E-state index in [0.29, 0.717) is 33.4 Å². The van der Waals surface area contributed by atoms with E-state index in [1.165, 1.54) is 0 Å². The number of H-pyrrole nitrogens is 1. The molecule has 0 fully saturated rings. The van der Waals surface area contributed by atoms with Crippen LogP contribution >= 0.6 is 12.2 Å². The van der Waals surface area contributed by atoms with E-state index < -0.39 is 0 Å². The van der Waals surface area contributed by atoms with Crippen molar-refractivity contribution in [2.45, 2.75) is 6.92 Å². The summed E-state index contributed by atoms with van der Waals surface area (Å²) in [5.41, 5.74) is 2.78. The molecule has 0 saturated carbocycles. The van der Waals surface area contributed by atoms with Crippen LogP contribution in [0.25, 0.3) is 17.5 Å². The molecule has 3 rings (SSSR count). The lowest BCUT2D eigenvalue weighted by molar-refractivity contribution is 0.324. The van der Waals surface area contributed by atoms with Crippen molar-refractivity contribution >= 4 is 24.5 Å². The van der Waals surface area contributed by atoms with Gasteiger partial charge in [0.15, 0.2) is 17.3 Å². The summed E-state index contributed by atoms with van der Waals surface area (Å²) in [6.07, 6.45) is 3.77. The average molecular weight is 410 g/mol. The Morgan fingerprint density at radius 3 is 2.31 bits per heavy atom. The SMILES string of the molecule is COc1cc(-c2n[nH]c(=S)n2N=CC(C)=Cc2ccccc2)cc(OC)c1OC. The van der Waals surface area contributed by atoms with Gasteiger partial charge in [-0.15, -0.1) is 0 Å². The number of methoxy groups -OCH3 is 3. The predicted octanol–water partition coefficient (Wildman–Crippen LogP) is 4.57. The molecule has 29 heavy (non-hydrogen) atoms. The van der Waals surface area contributed by atoms with Gasteiger partial charge >= 0.3 is 0 Å². The van der Waals surface area contributed by atoms with Crippen LogP contribution in [0.5, 0.6) is 17.2 Å². The molecule has 0 aliphatic heterocycles. The Bertz CT molecular complexity index is 1080. The minimum atomic E-state index is 0.373. The largest absolute Gasteiger partial charge is 0.493 e. The molecule has 0 aliphatic rings. The second kappa shape index (κ2) is 9.20. The van der Waals surface area contributed by atoms with Crippen LogP contribution in [-0.2, 0) is 0 Å². The zero-order chi connectivity index (χ0) is 20.8. The second-order valence-corrected chi connectivity index (χ2v) is 6.51. The number of allylic oxidation sites excluding steroid dienone is 1. The van der Waals surface area contributed by atoms with Crippen molar-refractivity contribution in [1.29, 1.82) is 0 Å². The van der Waals surface area contributed by atoms with Gasteiger partial charge in [0.05, 0.1) is 27.5 Å². The highest BCUT2D eigenvalue weighted by atomic mass is 32.1. The number of hydrogen-bond acceptors (Lipinski definition) is 6. The summed E-state index contributed by atoms with van der Waals surface area (Å²) in [5.74, 6) is 2.07. The van der Waals surface area contributed by atoms with Crippen molar-refractivity contribution in [3.63, 3.8) is 0 Å². The van der Waals surface area contributed by atoms with Crippen molar-refractivity contribution in [3.05, 3.63) is 58.4 Å². The zero-order valence-electron chi connectivity index (χ0n) is 16.7. The van der Waals surface area contributed by atoms with E-state index in [-0.39, 0.29) is 0 Å². The topological polar surface area (TPSA) is 73.7 Å². The standard InChI is InChI=1S/C21H22N4O3S/c1-14(10-15-8-6-5-7-9-15)13-22-25-20(23-24-21(25)29)16-11-17(26-2)19(28-4)18(12-16)27-3/h5-13H,1-4H3,(H,24,29). The maximum atomic E-state index is 5.43. The van der Waals surface area contributed by atoms with E-state index in [1.807, 2.05) is 43.3 Å². The van der Waals surface area contributed by atoms with Crippen molar-refractivity contribution in [1.82, 2.24) is 14.9 Å². The molecular weight excluding hydrogens is 388 g/mol. The van der Waals surface area contributed by atoms with E-state index >= 15 is 0 Å². The van der Waals surface area contributed by atoms with Crippen LogP contribution < -0.4 is 14.2 Å². The molecule has 0 radical (unpaired) electrons. The second-order valence-electron chi connectivity index (χ2n) is 6.12. The van der Waals surface area contributed by atoms with E-state index in [0.717, 1.165) is 11.1 Å². The molecule has 0 bridgehead atoms. The van der Waals surface area contributed by atoms with Gasteiger partial charge in [-0.1, -0.05) is 36.4 Å². The molecule has 1 aromatic heterocycles. The fraction of sp³-hybridized carbons (Fsp3) is 0.190. The Kier molecular flexibility index (Phi) is 6.46. The van der Waals surface area contributed by atoms with Crippen molar-refractivity contribution in [3.8, 4) is 28.6 Å². The number of rotatable bonds is 7. The Morgan fingerprint density at radius 2 is 1.72 bits per heavy atom. The van der Waals surface area contributed by atoms with Crippen LogP contribution in [0, 0.1) is 4.77 Å². The lowest BCUT2D eigenvalue weighted by Crippen LogP contribution is -1.99. The Hall–Kier alpha value is -3.39. The van der Waals surface area contributed by atoms with Crippen molar-refractivity contribution < 1.29 is 14.2 Å². The van der Waals surface area contributed by atoms with Crippen LogP contribution in [0.2, 0.25) is 0 Å². The first-order valence-corrected chi connectivity index (χ1v) is 9.23. The van der Waals surface area contributed by atoms with Crippen LogP contribution in [0.3, 0.4) is 0 Å². The molecule has 2 aromatic carbocycles. The smallest absolute Gasteiger partial charge is 0.216 e. The van der Waals surface area contributed by atoms with E-state index in [4.69, 9.17) is 26.4 Å². The number of nitrogens with one attached hydrogen (secondary N) is 1. The summed E-state index contributed by atoms with van der Waals surface area (Å²) in [7, 11) is 4.68.